The molecule has 0 aromatic carbocycles. The Morgan fingerprint density at radius 1 is 1.55 bits per heavy atom. The highest BCUT2D eigenvalue weighted by Crippen LogP contribution is 2.23. The maximum Gasteiger partial charge on any atom is 0.236 e. The second-order valence-electron chi connectivity index (χ2n) is 4.64. The zero-order chi connectivity index (χ0) is 15.5. The summed E-state index contributed by atoms with van der Waals surface area (Å²) in [4.78, 5) is 21.3. The van der Waals surface area contributed by atoms with E-state index in [1.165, 1.54) is 11.3 Å². The van der Waals surface area contributed by atoms with Gasteiger partial charge in [0.05, 0.1) is 23.5 Å². The smallest absolute Gasteiger partial charge is 0.236 e. The van der Waals surface area contributed by atoms with E-state index >= 15 is 0 Å². The summed E-state index contributed by atoms with van der Waals surface area (Å²) in [6.45, 7) is 2.27. The van der Waals surface area contributed by atoms with E-state index in [9.17, 15) is 4.79 Å². The molecule has 22 heavy (non-hydrogen) atoms. The number of hydrogen-bond acceptors (Lipinski definition) is 6. The summed E-state index contributed by atoms with van der Waals surface area (Å²) >= 11 is 8.06. The highest BCUT2D eigenvalue weighted by molar-refractivity contribution is 7.73. The molecule has 8 heteroatoms. The number of carbonyl (C=O) groups excluding carboxylic acids is 1. The zero-order valence-corrected chi connectivity index (χ0v) is 14.2. The number of aromatic amines is 1. The van der Waals surface area contributed by atoms with Crippen LogP contribution in [-0.2, 0) is 17.8 Å². The summed E-state index contributed by atoms with van der Waals surface area (Å²) < 4.78 is 6.11. The van der Waals surface area contributed by atoms with Crippen molar-refractivity contribution in [1.82, 2.24) is 15.3 Å². The van der Waals surface area contributed by atoms with Gasteiger partial charge in [-0.2, -0.15) is 0 Å². The van der Waals surface area contributed by atoms with E-state index in [1.54, 1.807) is 17.6 Å². The summed E-state index contributed by atoms with van der Waals surface area (Å²) in [6.07, 6.45) is 1.89. The number of aryl methyl sites for hydroxylation is 1. The Balaban J connectivity index is 1.57. The molecule has 0 aliphatic carbocycles. The van der Waals surface area contributed by atoms with Crippen LogP contribution in [0.25, 0.3) is 10.8 Å². The summed E-state index contributed by atoms with van der Waals surface area (Å²) in [6, 6.07) is 3.89. The van der Waals surface area contributed by atoms with Gasteiger partial charge in [-0.05, 0) is 30.6 Å². The van der Waals surface area contributed by atoms with Crippen LogP contribution in [0.15, 0.2) is 28.2 Å². The van der Waals surface area contributed by atoms with E-state index in [1.807, 2.05) is 24.4 Å². The standard InChI is InChI=1S/C14H13N3O2S3/c1-8-11(22-14(20)16-8)5-12(18)15-6-9-7-19-13(17-9)10-3-2-4-21-10/h2-4,7H,5-6H2,1H3,(H,15,18)(H,16,20). The molecule has 114 valence electrons. The number of H-pyrrole nitrogens is 1. The predicted octanol–water partition coefficient (Wildman–Crippen LogP) is 3.69. The van der Waals surface area contributed by atoms with E-state index in [2.05, 4.69) is 15.3 Å². The van der Waals surface area contributed by atoms with E-state index in [0.717, 1.165) is 15.4 Å². The lowest BCUT2D eigenvalue weighted by Crippen LogP contribution is -2.24. The lowest BCUT2D eigenvalue weighted by molar-refractivity contribution is -0.120. The largest absolute Gasteiger partial charge is 0.443 e. The highest BCUT2D eigenvalue weighted by atomic mass is 32.1. The monoisotopic (exact) mass is 351 g/mol. The molecule has 3 rings (SSSR count). The number of nitrogens with one attached hydrogen (secondary N) is 2. The maximum atomic E-state index is 12.0. The number of amides is 1. The first kappa shape index (κ1) is 15.1. The van der Waals surface area contributed by atoms with Gasteiger partial charge in [-0.15, -0.1) is 22.7 Å². The average Bonchev–Trinajstić information content (AvgIpc) is 3.19. The Bertz CT molecular complexity index is 830. The summed E-state index contributed by atoms with van der Waals surface area (Å²) in [5, 5.41) is 4.81. The SMILES string of the molecule is Cc1[nH]c(=S)sc1CC(=O)NCc1coc(-c2cccs2)n1. The van der Waals surface area contributed by atoms with Crippen LogP contribution in [0.2, 0.25) is 0 Å². The molecule has 0 aliphatic rings. The Kier molecular flexibility index (Phi) is 4.51. The molecule has 2 N–H and O–H groups in total. The van der Waals surface area contributed by atoms with Crippen molar-refractivity contribution in [3.05, 3.63) is 44.0 Å². The number of nitrogens with zero attached hydrogens (tertiary/aromatic N) is 1. The first-order valence-electron chi connectivity index (χ1n) is 6.55. The van der Waals surface area contributed by atoms with Crippen molar-refractivity contribution >= 4 is 40.8 Å². The Labute approximate surface area is 140 Å². The highest BCUT2D eigenvalue weighted by Gasteiger charge is 2.11. The van der Waals surface area contributed by atoms with Crippen molar-refractivity contribution in [2.75, 3.05) is 0 Å². The summed E-state index contributed by atoms with van der Waals surface area (Å²) in [7, 11) is 0. The minimum absolute atomic E-state index is 0.0611. The summed E-state index contributed by atoms with van der Waals surface area (Å²) in [5.41, 5.74) is 1.65. The topological polar surface area (TPSA) is 70.9 Å². The van der Waals surface area contributed by atoms with Gasteiger partial charge in [-0.25, -0.2) is 4.98 Å². The van der Waals surface area contributed by atoms with Crippen LogP contribution in [0.4, 0.5) is 0 Å². The molecule has 5 nitrogen and oxygen atoms in total. The third kappa shape index (κ3) is 3.52. The van der Waals surface area contributed by atoms with Gasteiger partial charge in [-0.1, -0.05) is 6.07 Å². The predicted molar refractivity (Wildman–Crippen MR) is 89.6 cm³/mol. The number of rotatable bonds is 5. The second-order valence-corrected chi connectivity index (χ2v) is 7.36. The molecule has 0 unspecified atom stereocenters. The van der Waals surface area contributed by atoms with Crippen LogP contribution >= 0.6 is 34.9 Å². The third-order valence-electron chi connectivity index (χ3n) is 3.00. The molecular weight excluding hydrogens is 338 g/mol. The zero-order valence-electron chi connectivity index (χ0n) is 11.7. The van der Waals surface area contributed by atoms with Gasteiger partial charge in [0.25, 0.3) is 0 Å². The van der Waals surface area contributed by atoms with Gasteiger partial charge < -0.3 is 14.7 Å². The average molecular weight is 351 g/mol. The van der Waals surface area contributed by atoms with E-state index in [0.29, 0.717) is 28.5 Å². The molecule has 0 saturated heterocycles. The summed E-state index contributed by atoms with van der Waals surface area (Å²) in [5.74, 6) is 0.521. The minimum Gasteiger partial charge on any atom is -0.443 e. The van der Waals surface area contributed by atoms with Gasteiger partial charge in [0.2, 0.25) is 11.8 Å². The van der Waals surface area contributed by atoms with Crippen LogP contribution in [0, 0.1) is 10.9 Å². The molecule has 0 aliphatic heterocycles. The fraction of sp³-hybridized carbons (Fsp3) is 0.214. The van der Waals surface area contributed by atoms with Gasteiger partial charge in [-0.3, -0.25) is 4.79 Å². The Morgan fingerprint density at radius 3 is 3.09 bits per heavy atom. The molecule has 0 fully saturated rings. The lowest BCUT2D eigenvalue weighted by atomic mass is 10.3. The van der Waals surface area contributed by atoms with Crippen molar-refractivity contribution in [3.8, 4) is 10.8 Å². The first-order valence-corrected chi connectivity index (χ1v) is 8.66. The van der Waals surface area contributed by atoms with Crippen molar-refractivity contribution < 1.29 is 9.21 Å². The number of aromatic nitrogens is 2. The molecule has 0 bridgehead atoms. The van der Waals surface area contributed by atoms with Gasteiger partial charge in [0.1, 0.15) is 6.26 Å². The normalized spacial score (nSPS) is 10.8. The Hall–Kier alpha value is -1.77. The molecule has 0 saturated carbocycles. The van der Waals surface area contributed by atoms with Crippen molar-refractivity contribution in [3.63, 3.8) is 0 Å². The third-order valence-corrected chi connectivity index (χ3v) is 5.19. The number of carbonyl (C=O) groups is 1. The van der Waals surface area contributed by atoms with Gasteiger partial charge in [0, 0.05) is 10.6 Å². The van der Waals surface area contributed by atoms with Crippen LogP contribution in [0.1, 0.15) is 16.3 Å². The number of thiazole rings is 1. The van der Waals surface area contributed by atoms with E-state index in [4.69, 9.17) is 16.6 Å². The van der Waals surface area contributed by atoms with Crippen molar-refractivity contribution in [2.24, 2.45) is 0 Å². The molecule has 3 heterocycles. The maximum absolute atomic E-state index is 12.0. The quantitative estimate of drug-likeness (QED) is 0.688. The molecule has 0 spiro atoms. The Morgan fingerprint density at radius 2 is 2.41 bits per heavy atom. The number of oxazole rings is 1. The molecule has 0 atom stereocenters. The van der Waals surface area contributed by atoms with Crippen LogP contribution in [0.3, 0.4) is 0 Å². The molecule has 0 radical (unpaired) electrons. The van der Waals surface area contributed by atoms with Crippen LogP contribution in [-0.4, -0.2) is 15.9 Å². The van der Waals surface area contributed by atoms with E-state index < -0.39 is 0 Å². The molecule has 1 amide bonds. The van der Waals surface area contributed by atoms with Crippen LogP contribution in [0.5, 0.6) is 0 Å². The number of thiophene rings is 1. The molecule has 3 aromatic heterocycles. The van der Waals surface area contributed by atoms with Gasteiger partial charge in [0.15, 0.2) is 3.95 Å². The first-order chi connectivity index (χ1) is 10.6. The van der Waals surface area contributed by atoms with Gasteiger partial charge >= 0.3 is 0 Å². The lowest BCUT2D eigenvalue weighted by Gasteiger charge is -2.01. The number of hydrogen-bond donors (Lipinski definition) is 2. The van der Waals surface area contributed by atoms with Crippen molar-refractivity contribution in [2.45, 2.75) is 19.9 Å². The fourth-order valence-electron chi connectivity index (χ4n) is 1.90. The second kappa shape index (κ2) is 6.55. The fourth-order valence-corrected chi connectivity index (χ4v) is 3.85. The van der Waals surface area contributed by atoms with E-state index in [-0.39, 0.29) is 5.91 Å². The molecular formula is C14H13N3O2S3. The minimum atomic E-state index is -0.0611. The molecule has 3 aromatic rings. The van der Waals surface area contributed by atoms with Crippen molar-refractivity contribution in [1.29, 1.82) is 0 Å². The van der Waals surface area contributed by atoms with Crippen LogP contribution < -0.4 is 5.32 Å².